The Morgan fingerprint density at radius 3 is 1.22 bits per heavy atom. The van der Waals surface area contributed by atoms with Gasteiger partial charge in [-0.15, -0.1) is 0 Å². The summed E-state index contributed by atoms with van der Waals surface area (Å²) in [5, 5.41) is 31.5. The number of aliphatic carboxylic acids is 1. The first-order valence-electron chi connectivity index (χ1n) is 29.1. The average Bonchev–Trinajstić information content (AvgIpc) is 3.47. The number of rotatable bonds is 46. The molecule has 3 N–H and O–H groups in total. The van der Waals surface area contributed by atoms with Crippen LogP contribution in [0, 0.1) is 0 Å². The lowest BCUT2D eigenvalue weighted by Crippen LogP contribution is -2.61. The van der Waals surface area contributed by atoms with E-state index in [1.807, 2.05) is 30.4 Å². The van der Waals surface area contributed by atoms with Crippen molar-refractivity contribution >= 4 is 23.9 Å². The number of carbonyl (C=O) groups excluding carboxylic acids is 3. The molecule has 0 spiro atoms. The van der Waals surface area contributed by atoms with E-state index in [0.29, 0.717) is 32.1 Å². The van der Waals surface area contributed by atoms with Gasteiger partial charge in [-0.2, -0.15) is 0 Å². The fraction of sp³-hybridized carbons (Fsp3) is 0.522. The normalized spacial score (nSPS) is 19.1. The summed E-state index contributed by atoms with van der Waals surface area (Å²) in [7, 11) is 0. The molecule has 0 saturated carbocycles. The van der Waals surface area contributed by atoms with Crippen LogP contribution in [0.4, 0.5) is 0 Å². The van der Waals surface area contributed by atoms with Crippen LogP contribution in [0.2, 0.25) is 0 Å². The summed E-state index contributed by atoms with van der Waals surface area (Å²) in [6, 6.07) is 0. The number of allylic oxidation sites excluding steroid dienone is 28. The molecule has 1 saturated heterocycles. The van der Waals surface area contributed by atoms with Gasteiger partial charge < -0.3 is 39.0 Å². The van der Waals surface area contributed by atoms with Crippen LogP contribution in [-0.4, -0.2) is 89.2 Å². The molecule has 1 rings (SSSR count). The van der Waals surface area contributed by atoms with Crippen molar-refractivity contribution in [2.24, 2.45) is 0 Å². The number of ether oxygens (including phenoxy) is 5. The first-order chi connectivity index (χ1) is 38.6. The molecule has 1 heterocycles. The van der Waals surface area contributed by atoms with Gasteiger partial charge in [0.25, 0.3) is 0 Å². The number of carbonyl (C=O) groups is 4. The maximum absolute atomic E-state index is 13.1. The number of unbranched alkanes of at least 4 members (excludes halogenated alkanes) is 4. The van der Waals surface area contributed by atoms with Crippen LogP contribution in [0.1, 0.15) is 175 Å². The fourth-order valence-electron chi connectivity index (χ4n) is 7.44. The smallest absolute Gasteiger partial charge is 0.335 e. The monoisotopic (exact) mass is 1090 g/mol. The van der Waals surface area contributed by atoms with Gasteiger partial charge in [-0.1, -0.05) is 197 Å². The van der Waals surface area contributed by atoms with E-state index in [9.17, 15) is 34.5 Å². The second-order valence-electron chi connectivity index (χ2n) is 18.8. The molecule has 79 heavy (non-hydrogen) atoms. The third-order valence-corrected chi connectivity index (χ3v) is 11.8. The standard InChI is InChI=1S/C67H98O12/c1-4-7-10-13-16-19-22-25-27-29-30-32-33-36-38-41-44-47-50-53-59(68)75-56-58(77-60(69)54-51-48-45-42-39-35-24-21-18-15-12-9-6-3)57-76-67-65(63(72)62(71)64(79-67)66(73)74)78-61(70)55-52-49-46-43-40-37-34-31-28-26-23-20-17-14-11-8-5-2/h7-12,16-21,25-28,30,32,34-39,43,45-46,48,58,62-65,67,71-72H,4-6,13-15,22-24,29,31,33,40-42,44,47,49-57H2,1-3H3,(H,73,74)/b10-7-,11-8-,12-9-,19-16-,20-17-,21-18-,27-25-,28-26-,32-30-,37-34-,38-36-,39-35-,46-43-,48-45-. The van der Waals surface area contributed by atoms with Gasteiger partial charge in [0.1, 0.15) is 18.8 Å². The van der Waals surface area contributed by atoms with E-state index in [4.69, 9.17) is 23.7 Å². The number of hydrogen-bond donors (Lipinski definition) is 3. The maximum Gasteiger partial charge on any atom is 0.335 e. The van der Waals surface area contributed by atoms with Gasteiger partial charge in [-0.3, -0.25) is 14.4 Å². The summed E-state index contributed by atoms with van der Waals surface area (Å²) < 4.78 is 28.2. The summed E-state index contributed by atoms with van der Waals surface area (Å²) in [4.78, 5) is 51.1. The van der Waals surface area contributed by atoms with Gasteiger partial charge >= 0.3 is 23.9 Å². The lowest BCUT2D eigenvalue weighted by atomic mass is 9.98. The lowest BCUT2D eigenvalue weighted by molar-refractivity contribution is -0.301. The van der Waals surface area contributed by atoms with Crippen molar-refractivity contribution in [2.45, 2.75) is 212 Å². The molecule has 0 aliphatic carbocycles. The maximum atomic E-state index is 13.1. The minimum atomic E-state index is -1.95. The van der Waals surface area contributed by atoms with Crippen LogP contribution in [0.3, 0.4) is 0 Å². The number of hydrogen-bond acceptors (Lipinski definition) is 11. The second kappa shape index (κ2) is 52.8. The Labute approximate surface area is 475 Å². The van der Waals surface area contributed by atoms with Crippen LogP contribution >= 0.6 is 0 Å². The fourth-order valence-corrected chi connectivity index (χ4v) is 7.44. The quantitative estimate of drug-likeness (QED) is 0.0228. The molecule has 12 nitrogen and oxygen atoms in total. The van der Waals surface area contributed by atoms with E-state index >= 15 is 0 Å². The zero-order chi connectivity index (χ0) is 57.5. The number of carboxylic acid groups (broad SMARTS) is 1. The van der Waals surface area contributed by atoms with E-state index in [-0.39, 0.29) is 25.9 Å². The Kier molecular flexibility index (Phi) is 47.5. The Hall–Kier alpha value is -5.92. The molecule has 1 aliphatic heterocycles. The first kappa shape index (κ1) is 71.1. The Morgan fingerprint density at radius 2 is 0.797 bits per heavy atom. The van der Waals surface area contributed by atoms with Crippen molar-refractivity contribution < 1.29 is 58.2 Å². The van der Waals surface area contributed by atoms with Crippen molar-refractivity contribution in [3.63, 3.8) is 0 Å². The molecule has 6 atom stereocenters. The predicted molar refractivity (Wildman–Crippen MR) is 321 cm³/mol. The van der Waals surface area contributed by atoms with E-state index in [1.165, 1.54) is 0 Å². The lowest BCUT2D eigenvalue weighted by Gasteiger charge is -2.40. The van der Waals surface area contributed by atoms with Gasteiger partial charge in [0.15, 0.2) is 24.6 Å². The number of aliphatic hydroxyl groups is 2. The highest BCUT2D eigenvalue weighted by Gasteiger charge is 2.50. The molecule has 0 radical (unpaired) electrons. The topological polar surface area (TPSA) is 175 Å². The highest BCUT2D eigenvalue weighted by molar-refractivity contribution is 5.74. The Bertz CT molecular complexity index is 2020. The summed E-state index contributed by atoms with van der Waals surface area (Å²) in [5.74, 6) is -3.39. The van der Waals surface area contributed by atoms with Crippen LogP contribution < -0.4 is 0 Å². The Morgan fingerprint density at radius 1 is 0.418 bits per heavy atom. The highest BCUT2D eigenvalue weighted by Crippen LogP contribution is 2.26. The third kappa shape index (κ3) is 42.7. The molecule has 0 amide bonds. The van der Waals surface area contributed by atoms with Crippen molar-refractivity contribution in [2.75, 3.05) is 13.2 Å². The van der Waals surface area contributed by atoms with Crippen LogP contribution in [-0.2, 0) is 42.9 Å². The third-order valence-electron chi connectivity index (χ3n) is 11.8. The van der Waals surface area contributed by atoms with Crippen molar-refractivity contribution in [3.8, 4) is 0 Å². The second-order valence-corrected chi connectivity index (χ2v) is 18.8. The average molecular weight is 1100 g/mol. The van der Waals surface area contributed by atoms with Crippen LogP contribution in [0.15, 0.2) is 170 Å². The molecule has 12 heteroatoms. The molecule has 6 unspecified atom stereocenters. The molecule has 0 aromatic carbocycles. The van der Waals surface area contributed by atoms with Gasteiger partial charge in [0, 0.05) is 19.3 Å². The van der Waals surface area contributed by atoms with Crippen LogP contribution in [0.25, 0.3) is 0 Å². The Balaban J connectivity index is 2.79. The molecule has 0 aromatic heterocycles. The SMILES string of the molecule is CC/C=C\C/C=C\C/C=C\C/C=C\C/C=C\CCCCCC(=O)OCC(COC1OC(C(=O)O)C(O)C(O)C1OC(=O)CCC/C=C\C/C=C\C/C=C\C/C=C\C/C=C\CC)OC(=O)CC/C=C\C/C=C\C/C=C\C/C=C\CC. The molecule has 0 aromatic rings. The van der Waals surface area contributed by atoms with Crippen molar-refractivity contribution in [1.82, 2.24) is 0 Å². The molecular weight excluding hydrogens is 997 g/mol. The van der Waals surface area contributed by atoms with Gasteiger partial charge in [-0.25, -0.2) is 4.79 Å². The largest absolute Gasteiger partial charge is 0.479 e. The minimum Gasteiger partial charge on any atom is -0.479 e. The number of carboxylic acids is 1. The van der Waals surface area contributed by atoms with E-state index in [2.05, 4.69) is 161 Å². The summed E-state index contributed by atoms with van der Waals surface area (Å²) in [5.41, 5.74) is 0. The van der Waals surface area contributed by atoms with E-state index in [1.54, 1.807) is 0 Å². The molecule has 1 fully saturated rings. The van der Waals surface area contributed by atoms with Gasteiger partial charge in [0.05, 0.1) is 6.61 Å². The highest BCUT2D eigenvalue weighted by atomic mass is 16.7. The summed E-state index contributed by atoms with van der Waals surface area (Å²) in [6.45, 7) is 5.50. The van der Waals surface area contributed by atoms with Crippen LogP contribution in [0.5, 0.6) is 0 Å². The zero-order valence-electron chi connectivity index (χ0n) is 48.0. The zero-order valence-corrected chi connectivity index (χ0v) is 48.0. The van der Waals surface area contributed by atoms with E-state index < -0.39 is 67.3 Å². The van der Waals surface area contributed by atoms with Crippen molar-refractivity contribution in [3.05, 3.63) is 170 Å². The summed E-state index contributed by atoms with van der Waals surface area (Å²) >= 11 is 0. The van der Waals surface area contributed by atoms with E-state index in [0.717, 1.165) is 103 Å². The first-order valence-corrected chi connectivity index (χ1v) is 29.1. The molecule has 1 aliphatic rings. The minimum absolute atomic E-state index is 0.0162. The number of aliphatic hydroxyl groups excluding tert-OH is 2. The van der Waals surface area contributed by atoms with Gasteiger partial charge in [-0.05, 0) is 128 Å². The molecule has 438 valence electrons. The number of esters is 3. The molecule has 0 bridgehead atoms. The molecular formula is C67H98O12. The summed E-state index contributed by atoms with van der Waals surface area (Å²) in [6.07, 6.45) is 66.3. The predicted octanol–water partition coefficient (Wildman–Crippen LogP) is 15.1. The van der Waals surface area contributed by atoms with Crippen molar-refractivity contribution in [1.29, 1.82) is 0 Å². The van der Waals surface area contributed by atoms with Gasteiger partial charge in [0.2, 0.25) is 0 Å².